The minimum Gasteiger partial charge on any atom is -0.421 e. The molecule has 172 valence electrons. The fourth-order valence-corrected chi connectivity index (χ4v) is 3.82. The van der Waals surface area contributed by atoms with Crippen molar-refractivity contribution in [2.24, 2.45) is 0 Å². The molecule has 5 aromatic rings. The number of aromatic nitrogens is 8. The summed E-state index contributed by atoms with van der Waals surface area (Å²) in [7, 11) is 0. The van der Waals surface area contributed by atoms with Crippen molar-refractivity contribution in [3.8, 4) is 17.3 Å². The van der Waals surface area contributed by atoms with Gasteiger partial charge in [-0.1, -0.05) is 17.7 Å². The Balaban J connectivity index is 1.68. The largest absolute Gasteiger partial charge is 0.421 e. The zero-order chi connectivity index (χ0) is 24.0. The van der Waals surface area contributed by atoms with Crippen molar-refractivity contribution in [2.75, 3.05) is 16.8 Å². The number of aromatic amines is 1. The fraction of sp³-hybridized carbons (Fsp3) is 0.150. The van der Waals surface area contributed by atoms with Gasteiger partial charge in [0.2, 0.25) is 11.8 Å². The van der Waals surface area contributed by atoms with Gasteiger partial charge >= 0.3 is 0 Å². The van der Waals surface area contributed by atoms with Gasteiger partial charge in [-0.05, 0) is 19.1 Å². The summed E-state index contributed by atoms with van der Waals surface area (Å²) in [6, 6.07) is 6.12. The molecule has 0 radical (unpaired) electrons. The molecular weight excluding hydrogens is 462 g/mol. The van der Waals surface area contributed by atoms with Crippen LogP contribution in [0.15, 0.2) is 39.7 Å². The molecule has 5 rings (SSSR count). The van der Waals surface area contributed by atoms with E-state index in [0.717, 1.165) is 0 Å². The van der Waals surface area contributed by atoms with E-state index < -0.39 is 6.04 Å². The summed E-state index contributed by atoms with van der Waals surface area (Å²) in [6.07, 6.45) is 1.60. The van der Waals surface area contributed by atoms with E-state index in [1.54, 1.807) is 44.3 Å². The van der Waals surface area contributed by atoms with Crippen LogP contribution in [0.25, 0.3) is 28.2 Å². The molecular formula is C20H18ClN11O2. The average Bonchev–Trinajstić information content (AvgIpc) is 3.45. The molecule has 0 aliphatic heterocycles. The van der Waals surface area contributed by atoms with E-state index in [-0.39, 0.29) is 45.0 Å². The molecule has 0 fully saturated rings. The third-order valence-electron chi connectivity index (χ3n) is 5.02. The first kappa shape index (κ1) is 21.3. The van der Waals surface area contributed by atoms with Gasteiger partial charge in [-0.3, -0.25) is 9.89 Å². The number of anilines is 3. The number of hydrogen-bond donors (Lipinski definition) is 4. The van der Waals surface area contributed by atoms with Crippen molar-refractivity contribution in [3.05, 3.63) is 57.6 Å². The monoisotopic (exact) mass is 479 g/mol. The number of nitrogens with two attached hydrogens (primary N) is 2. The van der Waals surface area contributed by atoms with Crippen molar-refractivity contribution < 1.29 is 4.42 Å². The van der Waals surface area contributed by atoms with Gasteiger partial charge in [0.05, 0.1) is 22.0 Å². The van der Waals surface area contributed by atoms with Gasteiger partial charge in [0, 0.05) is 19.2 Å². The highest BCUT2D eigenvalue weighted by Gasteiger charge is 2.24. The van der Waals surface area contributed by atoms with Crippen molar-refractivity contribution >= 4 is 40.1 Å². The molecule has 14 heteroatoms. The molecule has 0 amide bonds. The molecule has 0 aliphatic carbocycles. The lowest BCUT2D eigenvalue weighted by molar-refractivity contribution is 0.532. The quantitative estimate of drug-likeness (QED) is 0.288. The van der Waals surface area contributed by atoms with E-state index in [1.807, 2.05) is 0 Å². The second kappa shape index (κ2) is 8.12. The highest BCUT2D eigenvalue weighted by atomic mass is 35.5. The molecule has 13 nitrogen and oxygen atoms in total. The Kier molecular flexibility index (Phi) is 5.09. The molecule has 4 heterocycles. The number of halogens is 1. The average molecular weight is 480 g/mol. The molecule has 0 spiro atoms. The van der Waals surface area contributed by atoms with Gasteiger partial charge in [0.25, 0.3) is 11.4 Å². The van der Waals surface area contributed by atoms with Crippen LogP contribution in [0.5, 0.6) is 0 Å². The fourth-order valence-electron chi connectivity index (χ4n) is 3.57. The SMILES string of the molecule is Cc1nnc(-c2c(N)nc(N)nc2NC(C)c2nc3cccc(Cl)c3c(=O)n2-c2cc[nH]n2)o1. The lowest BCUT2D eigenvalue weighted by atomic mass is 10.2. The molecule has 0 aliphatic rings. The Morgan fingerprint density at radius 2 is 2.00 bits per heavy atom. The molecule has 0 saturated heterocycles. The van der Waals surface area contributed by atoms with Crippen LogP contribution in [-0.2, 0) is 0 Å². The Morgan fingerprint density at radius 3 is 2.71 bits per heavy atom. The van der Waals surface area contributed by atoms with Crippen LogP contribution >= 0.6 is 11.6 Å². The zero-order valence-electron chi connectivity index (χ0n) is 17.9. The molecule has 6 N–H and O–H groups in total. The van der Waals surface area contributed by atoms with Gasteiger partial charge in [-0.15, -0.1) is 10.2 Å². The summed E-state index contributed by atoms with van der Waals surface area (Å²) in [5.74, 6) is 1.37. The second-order valence-corrected chi connectivity index (χ2v) is 7.77. The summed E-state index contributed by atoms with van der Waals surface area (Å²) in [5.41, 5.74) is 12.3. The molecule has 0 bridgehead atoms. The number of aryl methyl sites for hydroxylation is 1. The third kappa shape index (κ3) is 3.57. The van der Waals surface area contributed by atoms with Crippen LogP contribution in [-0.4, -0.2) is 39.9 Å². The smallest absolute Gasteiger partial charge is 0.268 e. The van der Waals surface area contributed by atoms with Gasteiger partial charge in [0.15, 0.2) is 5.82 Å². The topological polar surface area (TPSA) is 192 Å². The van der Waals surface area contributed by atoms with Gasteiger partial charge < -0.3 is 21.2 Å². The maximum atomic E-state index is 13.5. The third-order valence-corrected chi connectivity index (χ3v) is 5.34. The van der Waals surface area contributed by atoms with Crippen molar-refractivity contribution in [3.63, 3.8) is 0 Å². The van der Waals surface area contributed by atoms with E-state index in [4.69, 9.17) is 32.5 Å². The molecule has 0 saturated carbocycles. The maximum Gasteiger partial charge on any atom is 0.268 e. The first-order chi connectivity index (χ1) is 16.3. The number of benzene rings is 1. The summed E-state index contributed by atoms with van der Waals surface area (Å²) >= 11 is 6.32. The Labute approximate surface area is 196 Å². The van der Waals surface area contributed by atoms with Crippen LogP contribution in [0.1, 0.15) is 24.7 Å². The van der Waals surface area contributed by atoms with Crippen LogP contribution in [0, 0.1) is 6.92 Å². The minimum atomic E-state index is -0.593. The summed E-state index contributed by atoms with van der Waals surface area (Å²) in [5, 5.41) is 18.5. The van der Waals surface area contributed by atoms with E-state index in [2.05, 4.69) is 35.7 Å². The Hall–Kier alpha value is -4.52. The number of rotatable bonds is 5. The molecule has 4 aromatic heterocycles. The van der Waals surface area contributed by atoms with Gasteiger partial charge in [-0.25, -0.2) is 9.55 Å². The van der Waals surface area contributed by atoms with Gasteiger partial charge in [-0.2, -0.15) is 15.1 Å². The highest BCUT2D eigenvalue weighted by Crippen LogP contribution is 2.33. The predicted molar refractivity (Wildman–Crippen MR) is 125 cm³/mol. The van der Waals surface area contributed by atoms with Crippen molar-refractivity contribution in [2.45, 2.75) is 19.9 Å². The first-order valence-electron chi connectivity index (χ1n) is 10.0. The van der Waals surface area contributed by atoms with Crippen LogP contribution in [0.3, 0.4) is 0 Å². The van der Waals surface area contributed by atoms with E-state index in [0.29, 0.717) is 23.0 Å². The first-order valence-corrected chi connectivity index (χ1v) is 10.4. The molecule has 34 heavy (non-hydrogen) atoms. The van der Waals surface area contributed by atoms with Crippen molar-refractivity contribution in [1.29, 1.82) is 0 Å². The molecule has 1 atom stereocenters. The normalized spacial score (nSPS) is 12.2. The molecule has 1 aromatic carbocycles. The number of nitrogens with zero attached hydrogens (tertiary/aromatic N) is 7. The molecule has 1 unspecified atom stereocenters. The second-order valence-electron chi connectivity index (χ2n) is 7.36. The number of nitrogens with one attached hydrogen (secondary N) is 2. The van der Waals surface area contributed by atoms with Crippen molar-refractivity contribution in [1.82, 2.24) is 39.9 Å². The standard InChI is InChI=1S/C20H18ClN11O2/c1-8(25-16-14(15(22)27-20(23)28-16)18-31-29-9(2)34-18)17-26-11-5-3-4-10(21)13(11)19(33)32(17)12-6-7-24-30-12/h3-8H,1-2H3,(H,24,30)(H5,22,23,25,27,28). The number of fused-ring (bicyclic) bond motifs is 1. The predicted octanol–water partition coefficient (Wildman–Crippen LogP) is 2.25. The van der Waals surface area contributed by atoms with Crippen LogP contribution in [0.4, 0.5) is 17.6 Å². The summed E-state index contributed by atoms with van der Waals surface area (Å²) < 4.78 is 6.90. The lowest BCUT2D eigenvalue weighted by Gasteiger charge is -2.20. The van der Waals surface area contributed by atoms with Gasteiger partial charge in [0.1, 0.15) is 23.0 Å². The van der Waals surface area contributed by atoms with E-state index in [9.17, 15) is 4.79 Å². The highest BCUT2D eigenvalue weighted by molar-refractivity contribution is 6.35. The summed E-state index contributed by atoms with van der Waals surface area (Å²) in [6.45, 7) is 3.44. The Bertz CT molecular complexity index is 1580. The van der Waals surface area contributed by atoms with E-state index >= 15 is 0 Å². The number of H-pyrrole nitrogens is 1. The maximum absolute atomic E-state index is 13.5. The Morgan fingerprint density at radius 1 is 1.18 bits per heavy atom. The number of nitrogen functional groups attached to an aromatic ring is 2. The zero-order valence-corrected chi connectivity index (χ0v) is 18.7. The lowest BCUT2D eigenvalue weighted by Crippen LogP contribution is -2.28. The van der Waals surface area contributed by atoms with Crippen LogP contribution < -0.4 is 22.3 Å². The van der Waals surface area contributed by atoms with E-state index in [1.165, 1.54) is 4.57 Å². The minimum absolute atomic E-state index is 0.0498. The summed E-state index contributed by atoms with van der Waals surface area (Å²) in [4.78, 5) is 26.5. The van der Waals surface area contributed by atoms with Crippen LogP contribution in [0.2, 0.25) is 5.02 Å². The number of hydrogen-bond acceptors (Lipinski definition) is 11.